The number of nitrogens with zero attached hydrogens (tertiary/aromatic N) is 1. The Hall–Kier alpha value is -2.70. The first-order valence-corrected chi connectivity index (χ1v) is 11.9. The van der Waals surface area contributed by atoms with Gasteiger partial charge in [0, 0.05) is 29.9 Å². The van der Waals surface area contributed by atoms with Crippen molar-refractivity contribution in [2.75, 3.05) is 18.5 Å². The molecular weight excluding hydrogens is 418 g/mol. The van der Waals surface area contributed by atoms with Gasteiger partial charge in [-0.2, -0.15) is 0 Å². The number of ether oxygens (including phenoxy) is 1. The van der Waals surface area contributed by atoms with Crippen LogP contribution < -0.4 is 10.9 Å². The first-order chi connectivity index (χ1) is 15.6. The summed E-state index contributed by atoms with van der Waals surface area (Å²) < 4.78 is 5.88. The van der Waals surface area contributed by atoms with Crippen molar-refractivity contribution in [1.29, 1.82) is 0 Å². The number of hydrogen-bond acceptors (Lipinski definition) is 3. The number of hydrogen-bond donors (Lipinski definition) is 2. The van der Waals surface area contributed by atoms with Crippen molar-refractivity contribution in [3.8, 4) is 0 Å². The van der Waals surface area contributed by atoms with Gasteiger partial charge in [-0.1, -0.05) is 38.1 Å². The van der Waals surface area contributed by atoms with E-state index in [1.807, 2.05) is 30.3 Å². The van der Waals surface area contributed by atoms with E-state index in [9.17, 15) is 4.79 Å². The molecule has 6 heteroatoms. The van der Waals surface area contributed by atoms with Crippen molar-refractivity contribution in [2.45, 2.75) is 52.2 Å². The number of rotatable bonds is 7. The van der Waals surface area contributed by atoms with Crippen molar-refractivity contribution in [2.24, 2.45) is 0 Å². The first kappa shape index (κ1) is 22.5. The van der Waals surface area contributed by atoms with Gasteiger partial charge in [-0.05, 0) is 78.7 Å². The number of aromatic nitrogens is 1. The Morgan fingerprint density at radius 3 is 2.75 bits per heavy atom. The Labute approximate surface area is 194 Å². The molecule has 1 atom stereocenters. The molecule has 2 aromatic carbocycles. The molecule has 4 rings (SSSR count). The second-order valence-corrected chi connectivity index (χ2v) is 8.74. The topological polar surface area (TPSA) is 57.4 Å². The Kier molecular flexibility index (Phi) is 7.22. The van der Waals surface area contributed by atoms with E-state index in [1.54, 1.807) is 0 Å². The Balaban J connectivity index is 1.62. The average molecular weight is 450 g/mol. The molecular formula is C26H31N3O2S. The van der Waals surface area contributed by atoms with Crippen LogP contribution in [0.5, 0.6) is 0 Å². The average Bonchev–Trinajstić information content (AvgIpc) is 3.32. The fourth-order valence-corrected chi connectivity index (χ4v) is 4.49. The number of pyridine rings is 1. The van der Waals surface area contributed by atoms with Gasteiger partial charge >= 0.3 is 0 Å². The van der Waals surface area contributed by atoms with E-state index < -0.39 is 0 Å². The minimum Gasteiger partial charge on any atom is -0.376 e. The molecule has 0 amide bonds. The Bertz CT molecular complexity index is 1150. The van der Waals surface area contributed by atoms with Gasteiger partial charge in [0.1, 0.15) is 0 Å². The van der Waals surface area contributed by atoms with Crippen molar-refractivity contribution < 1.29 is 4.74 Å². The minimum absolute atomic E-state index is 0.0733. The zero-order valence-electron chi connectivity index (χ0n) is 18.8. The van der Waals surface area contributed by atoms with Crippen LogP contribution in [-0.4, -0.2) is 34.3 Å². The molecule has 2 heterocycles. The lowest BCUT2D eigenvalue weighted by Crippen LogP contribution is -2.40. The second-order valence-electron chi connectivity index (χ2n) is 8.36. The quantitative estimate of drug-likeness (QED) is 0.496. The van der Waals surface area contributed by atoms with Crippen molar-refractivity contribution in [1.82, 2.24) is 9.88 Å². The summed E-state index contributed by atoms with van der Waals surface area (Å²) in [7, 11) is 0. The van der Waals surface area contributed by atoms with Crippen LogP contribution in [0, 0.1) is 0 Å². The van der Waals surface area contributed by atoms with Crippen LogP contribution in [0.3, 0.4) is 0 Å². The molecule has 0 radical (unpaired) electrons. The lowest BCUT2D eigenvalue weighted by atomic mass is 10.1. The zero-order valence-corrected chi connectivity index (χ0v) is 19.6. The highest BCUT2D eigenvalue weighted by Gasteiger charge is 2.22. The molecule has 5 nitrogen and oxygen atoms in total. The van der Waals surface area contributed by atoms with Gasteiger partial charge in [-0.3, -0.25) is 4.79 Å². The normalized spacial score (nSPS) is 15.8. The molecule has 1 aliphatic rings. The third kappa shape index (κ3) is 5.19. The van der Waals surface area contributed by atoms with E-state index in [1.165, 1.54) is 11.1 Å². The highest BCUT2D eigenvalue weighted by Crippen LogP contribution is 2.20. The predicted octanol–water partition coefficient (Wildman–Crippen LogP) is 5.03. The van der Waals surface area contributed by atoms with Crippen LogP contribution in [0.4, 0.5) is 5.69 Å². The molecule has 3 aromatic rings. The molecule has 0 spiro atoms. The van der Waals surface area contributed by atoms with Crippen LogP contribution in [0.25, 0.3) is 10.9 Å². The van der Waals surface area contributed by atoms with Crippen LogP contribution in [-0.2, 0) is 24.1 Å². The number of H-pyrrole nitrogens is 1. The number of aromatic amines is 1. The summed E-state index contributed by atoms with van der Waals surface area (Å²) in [5, 5.41) is 5.08. The molecule has 0 aliphatic carbocycles. The maximum absolute atomic E-state index is 12.9. The standard InChI is InChI=1S/C26H31N3O2S/c1-3-18-11-12-24-20(14-18)15-21(25(30)27-24)16-29(17-22-9-7-13-31-22)26(32)28-23-10-6-5-8-19(23)4-2/h5-6,8,10-12,14-15,22H,3-4,7,9,13,16-17H2,1-2H3,(H,27,30)(H,28,32)/t22-/m0/s1. The molecule has 2 N–H and O–H groups in total. The summed E-state index contributed by atoms with van der Waals surface area (Å²) in [5.74, 6) is 0. The van der Waals surface area contributed by atoms with Gasteiger partial charge in [0.15, 0.2) is 5.11 Å². The van der Waals surface area contributed by atoms with Crippen LogP contribution >= 0.6 is 12.2 Å². The molecule has 0 bridgehead atoms. The van der Waals surface area contributed by atoms with E-state index in [0.717, 1.165) is 48.9 Å². The molecule has 168 valence electrons. The van der Waals surface area contributed by atoms with Crippen molar-refractivity contribution >= 4 is 33.9 Å². The van der Waals surface area contributed by atoms with E-state index in [-0.39, 0.29) is 11.7 Å². The van der Waals surface area contributed by atoms with Crippen molar-refractivity contribution in [3.63, 3.8) is 0 Å². The van der Waals surface area contributed by atoms with E-state index in [2.05, 4.69) is 47.2 Å². The molecule has 1 fully saturated rings. The molecule has 1 aliphatic heterocycles. The zero-order chi connectivity index (χ0) is 22.5. The van der Waals surface area contributed by atoms with Gasteiger partial charge in [-0.15, -0.1) is 0 Å². The SMILES string of the molecule is CCc1ccc2[nH]c(=O)c(CN(C[C@@H]3CCCO3)C(=S)Nc3ccccc3CC)cc2c1. The van der Waals surface area contributed by atoms with Crippen LogP contribution in [0.2, 0.25) is 0 Å². The lowest BCUT2D eigenvalue weighted by molar-refractivity contribution is 0.0904. The van der Waals surface area contributed by atoms with Gasteiger partial charge in [0.2, 0.25) is 0 Å². The van der Waals surface area contributed by atoms with Crippen molar-refractivity contribution in [3.05, 3.63) is 75.6 Å². The van der Waals surface area contributed by atoms with Gasteiger partial charge in [-0.25, -0.2) is 0 Å². The van der Waals surface area contributed by atoms with E-state index >= 15 is 0 Å². The van der Waals surface area contributed by atoms with Gasteiger partial charge < -0.3 is 19.9 Å². The molecule has 1 saturated heterocycles. The fraction of sp³-hybridized carbons (Fsp3) is 0.385. The number of para-hydroxylation sites is 1. The number of aryl methyl sites for hydroxylation is 2. The fourth-order valence-electron chi connectivity index (χ4n) is 4.24. The predicted molar refractivity (Wildman–Crippen MR) is 135 cm³/mol. The minimum atomic E-state index is -0.0733. The number of nitrogens with one attached hydrogen (secondary N) is 2. The highest BCUT2D eigenvalue weighted by molar-refractivity contribution is 7.80. The Morgan fingerprint density at radius 2 is 2.00 bits per heavy atom. The number of benzene rings is 2. The van der Waals surface area contributed by atoms with E-state index in [0.29, 0.717) is 23.8 Å². The van der Waals surface area contributed by atoms with Crippen LogP contribution in [0.15, 0.2) is 53.3 Å². The van der Waals surface area contributed by atoms with Gasteiger partial charge in [0.25, 0.3) is 5.56 Å². The molecule has 1 aromatic heterocycles. The summed E-state index contributed by atoms with van der Waals surface area (Å²) in [4.78, 5) is 18.0. The molecule has 0 unspecified atom stereocenters. The Morgan fingerprint density at radius 1 is 1.16 bits per heavy atom. The first-order valence-electron chi connectivity index (χ1n) is 11.5. The summed E-state index contributed by atoms with van der Waals surface area (Å²) in [6.07, 6.45) is 4.08. The molecule has 32 heavy (non-hydrogen) atoms. The largest absolute Gasteiger partial charge is 0.376 e. The highest BCUT2D eigenvalue weighted by atomic mass is 32.1. The lowest BCUT2D eigenvalue weighted by Gasteiger charge is -2.28. The van der Waals surface area contributed by atoms with E-state index in [4.69, 9.17) is 17.0 Å². The summed E-state index contributed by atoms with van der Waals surface area (Å²) in [6, 6.07) is 16.4. The number of thiocarbonyl (C=S) groups is 1. The monoisotopic (exact) mass is 449 g/mol. The van der Waals surface area contributed by atoms with Gasteiger partial charge in [0.05, 0.1) is 12.6 Å². The maximum atomic E-state index is 12.9. The summed E-state index contributed by atoms with van der Waals surface area (Å²) in [6.45, 7) is 6.14. The number of fused-ring (bicyclic) bond motifs is 1. The third-order valence-corrected chi connectivity index (χ3v) is 6.49. The maximum Gasteiger partial charge on any atom is 0.253 e. The summed E-state index contributed by atoms with van der Waals surface area (Å²) >= 11 is 5.82. The van der Waals surface area contributed by atoms with Crippen LogP contribution in [0.1, 0.15) is 43.4 Å². The smallest absolute Gasteiger partial charge is 0.253 e. The number of anilines is 1. The molecule has 0 saturated carbocycles. The second kappa shape index (κ2) is 10.3. The third-order valence-electron chi connectivity index (χ3n) is 6.13. The summed E-state index contributed by atoms with van der Waals surface area (Å²) in [5.41, 5.74) is 4.96.